The minimum absolute atomic E-state index is 0.0713. The molecule has 0 bridgehead atoms. The number of halogens is 1. The van der Waals surface area contributed by atoms with Gasteiger partial charge in [-0.05, 0) is 78.2 Å². The fourth-order valence-electron chi connectivity index (χ4n) is 7.75. The molecular weight excluding hydrogens is 647 g/mol. The number of aliphatic hydroxyl groups excluding tert-OH is 1. The zero-order valence-electron chi connectivity index (χ0n) is 28.1. The third-order valence-corrected chi connectivity index (χ3v) is 10.3. The Hall–Kier alpha value is -5.29. The Morgan fingerprint density at radius 3 is 2.29 bits per heavy atom. The normalized spacial score (nSPS) is 18.7. The third kappa shape index (κ3) is 6.42. The number of benzene rings is 4. The van der Waals surface area contributed by atoms with Crippen LogP contribution in [-0.4, -0.2) is 81.4 Å². The summed E-state index contributed by atoms with van der Waals surface area (Å²) in [5.41, 5.74) is 5.62. The number of para-hydroxylation sites is 1. The molecular formula is C41H39FN4O5. The summed E-state index contributed by atoms with van der Waals surface area (Å²) in [7, 11) is 0. The van der Waals surface area contributed by atoms with Gasteiger partial charge in [-0.25, -0.2) is 4.39 Å². The number of aromatic nitrogens is 1. The molecule has 0 saturated carbocycles. The van der Waals surface area contributed by atoms with Gasteiger partial charge in [-0.1, -0.05) is 42.5 Å². The monoisotopic (exact) mass is 686 g/mol. The lowest BCUT2D eigenvalue weighted by molar-refractivity contribution is 0.0193. The van der Waals surface area contributed by atoms with Crippen LogP contribution in [-0.2, 0) is 30.7 Å². The average Bonchev–Trinajstić information content (AvgIpc) is 3.70. The molecule has 0 radical (unpaired) electrons. The SMILES string of the molecule is O=C(c1cc(-c2cc(F)ccc2C(=O)N2Cc3ccccc3C[C@H]2CN2CCOCC2)n2c1C[C@H](O)C2)N(c1ccccc1)c1ccc(O)cc1. The highest BCUT2D eigenvalue weighted by Crippen LogP contribution is 2.38. The van der Waals surface area contributed by atoms with Crippen LogP contribution >= 0.6 is 0 Å². The number of rotatable bonds is 7. The number of amides is 2. The highest BCUT2D eigenvalue weighted by atomic mass is 19.1. The van der Waals surface area contributed by atoms with E-state index < -0.39 is 11.9 Å². The number of ether oxygens (including phenoxy) is 1. The maximum absolute atomic E-state index is 15.2. The molecule has 5 aromatic rings. The van der Waals surface area contributed by atoms with Crippen molar-refractivity contribution in [1.29, 1.82) is 0 Å². The average molecular weight is 687 g/mol. The summed E-state index contributed by atoms with van der Waals surface area (Å²) < 4.78 is 22.7. The van der Waals surface area contributed by atoms with Crippen molar-refractivity contribution in [1.82, 2.24) is 14.4 Å². The van der Waals surface area contributed by atoms with E-state index in [1.165, 1.54) is 29.8 Å². The van der Waals surface area contributed by atoms with Crippen LogP contribution in [0.5, 0.6) is 5.75 Å². The first-order valence-corrected chi connectivity index (χ1v) is 17.4. The molecule has 4 aromatic carbocycles. The van der Waals surface area contributed by atoms with Crippen LogP contribution in [0.1, 0.15) is 37.5 Å². The topological polar surface area (TPSA) is 98.5 Å². The van der Waals surface area contributed by atoms with Gasteiger partial charge >= 0.3 is 0 Å². The Morgan fingerprint density at radius 1 is 0.824 bits per heavy atom. The standard InChI is InChI=1S/C41H39FN4O5/c42-29-10-15-35(40(49)44-24-28-7-5-4-6-27(28)20-32(44)25-43-16-18-51-19-17-43)36(21-29)39-23-37(38-22-34(48)26-45(38)39)41(50)46(30-8-2-1-3-9-30)31-11-13-33(47)14-12-31/h1-15,21,23,32,34,47-48H,16-20,22,24-26H2/t32-,34-/m0/s1. The molecule has 4 heterocycles. The summed E-state index contributed by atoms with van der Waals surface area (Å²) in [6.45, 7) is 4.21. The number of phenolic OH excluding ortho intramolecular Hbond substituents is 1. The summed E-state index contributed by atoms with van der Waals surface area (Å²) in [6, 6.07) is 29.6. The van der Waals surface area contributed by atoms with Crippen LogP contribution in [0, 0.1) is 5.82 Å². The number of carbonyl (C=O) groups excluding carboxylic acids is 2. The molecule has 1 aromatic heterocycles. The fraction of sp³-hybridized carbons (Fsp3) is 0.268. The van der Waals surface area contributed by atoms with E-state index in [9.17, 15) is 19.8 Å². The van der Waals surface area contributed by atoms with E-state index in [-0.39, 0.29) is 36.6 Å². The van der Waals surface area contributed by atoms with Crippen molar-refractivity contribution < 1.29 is 28.9 Å². The van der Waals surface area contributed by atoms with Crippen LogP contribution < -0.4 is 4.90 Å². The molecule has 8 rings (SSSR count). The van der Waals surface area contributed by atoms with Gasteiger partial charge in [-0.3, -0.25) is 19.4 Å². The molecule has 51 heavy (non-hydrogen) atoms. The van der Waals surface area contributed by atoms with Gasteiger partial charge in [-0.2, -0.15) is 0 Å². The van der Waals surface area contributed by atoms with Crippen molar-refractivity contribution in [2.45, 2.75) is 38.1 Å². The van der Waals surface area contributed by atoms with Crippen molar-refractivity contribution in [2.75, 3.05) is 37.7 Å². The van der Waals surface area contributed by atoms with Gasteiger partial charge in [0, 0.05) is 73.4 Å². The second-order valence-electron chi connectivity index (χ2n) is 13.5. The van der Waals surface area contributed by atoms with Crippen LogP contribution in [0.25, 0.3) is 11.3 Å². The van der Waals surface area contributed by atoms with Gasteiger partial charge in [0.15, 0.2) is 0 Å². The predicted molar refractivity (Wildman–Crippen MR) is 192 cm³/mol. The number of nitrogens with zero attached hydrogens (tertiary/aromatic N) is 4. The molecule has 0 aliphatic carbocycles. The Kier molecular flexibility index (Phi) is 8.89. The minimum Gasteiger partial charge on any atom is -0.508 e. The van der Waals surface area contributed by atoms with Gasteiger partial charge in [0.2, 0.25) is 0 Å². The van der Waals surface area contributed by atoms with Gasteiger partial charge in [-0.15, -0.1) is 0 Å². The molecule has 3 aliphatic heterocycles. The first-order chi connectivity index (χ1) is 24.8. The third-order valence-electron chi connectivity index (χ3n) is 10.3. The van der Waals surface area contributed by atoms with Crippen molar-refractivity contribution in [3.8, 4) is 17.0 Å². The first kappa shape index (κ1) is 32.9. The molecule has 1 saturated heterocycles. The molecule has 260 valence electrons. The van der Waals surface area contributed by atoms with E-state index in [0.29, 0.717) is 72.2 Å². The molecule has 3 aliphatic rings. The first-order valence-electron chi connectivity index (χ1n) is 17.4. The van der Waals surface area contributed by atoms with Crippen molar-refractivity contribution in [3.05, 3.63) is 137 Å². The molecule has 0 unspecified atom stereocenters. The van der Waals surface area contributed by atoms with E-state index in [2.05, 4.69) is 17.0 Å². The van der Waals surface area contributed by atoms with Gasteiger partial charge < -0.3 is 24.4 Å². The molecule has 9 nitrogen and oxygen atoms in total. The number of anilines is 2. The number of hydrogen-bond donors (Lipinski definition) is 2. The maximum Gasteiger partial charge on any atom is 0.264 e. The van der Waals surface area contributed by atoms with E-state index in [4.69, 9.17) is 4.74 Å². The Labute approximate surface area is 295 Å². The van der Waals surface area contributed by atoms with Crippen LogP contribution in [0.2, 0.25) is 0 Å². The number of carbonyl (C=O) groups is 2. The van der Waals surface area contributed by atoms with E-state index in [1.54, 1.807) is 29.2 Å². The number of phenols is 1. The van der Waals surface area contributed by atoms with Crippen LogP contribution in [0.4, 0.5) is 15.8 Å². The highest BCUT2D eigenvalue weighted by molar-refractivity contribution is 6.12. The summed E-state index contributed by atoms with van der Waals surface area (Å²) in [5.74, 6) is -0.998. The number of morpholine rings is 1. The quantitative estimate of drug-likeness (QED) is 0.225. The summed E-state index contributed by atoms with van der Waals surface area (Å²) in [6.07, 6.45) is 0.172. The summed E-state index contributed by atoms with van der Waals surface area (Å²) >= 11 is 0. The molecule has 2 N–H and O–H groups in total. The number of aromatic hydroxyl groups is 1. The maximum atomic E-state index is 15.2. The van der Waals surface area contributed by atoms with Gasteiger partial charge in [0.05, 0.1) is 30.6 Å². The van der Waals surface area contributed by atoms with E-state index in [0.717, 1.165) is 18.7 Å². The number of hydrogen-bond acceptors (Lipinski definition) is 6. The van der Waals surface area contributed by atoms with Crippen molar-refractivity contribution in [3.63, 3.8) is 0 Å². The van der Waals surface area contributed by atoms with E-state index in [1.807, 2.05) is 51.9 Å². The number of aliphatic hydroxyl groups is 1. The van der Waals surface area contributed by atoms with Gasteiger partial charge in [0.1, 0.15) is 11.6 Å². The second-order valence-corrected chi connectivity index (χ2v) is 13.5. The Balaban J connectivity index is 1.20. The highest BCUT2D eigenvalue weighted by Gasteiger charge is 2.36. The fourth-order valence-corrected chi connectivity index (χ4v) is 7.75. The van der Waals surface area contributed by atoms with E-state index >= 15 is 4.39 Å². The van der Waals surface area contributed by atoms with Crippen molar-refractivity contribution in [2.24, 2.45) is 0 Å². The zero-order valence-corrected chi connectivity index (χ0v) is 28.1. The largest absolute Gasteiger partial charge is 0.508 e. The van der Waals surface area contributed by atoms with Crippen molar-refractivity contribution >= 4 is 23.2 Å². The molecule has 1 fully saturated rings. The lowest BCUT2D eigenvalue weighted by Crippen LogP contribution is -2.52. The van der Waals surface area contributed by atoms with Crippen LogP contribution in [0.3, 0.4) is 0 Å². The summed E-state index contributed by atoms with van der Waals surface area (Å²) in [4.78, 5) is 35.2. The molecule has 0 spiro atoms. The van der Waals surface area contributed by atoms with Crippen LogP contribution in [0.15, 0.2) is 103 Å². The number of fused-ring (bicyclic) bond motifs is 2. The zero-order chi connectivity index (χ0) is 35.1. The molecule has 2 atom stereocenters. The Morgan fingerprint density at radius 2 is 1.53 bits per heavy atom. The minimum atomic E-state index is -0.755. The molecule has 10 heteroatoms. The van der Waals surface area contributed by atoms with Gasteiger partial charge in [0.25, 0.3) is 11.8 Å². The lowest BCUT2D eigenvalue weighted by atomic mass is 9.92. The Bertz CT molecular complexity index is 2080. The smallest absolute Gasteiger partial charge is 0.264 e. The molecule has 2 amide bonds. The lowest BCUT2D eigenvalue weighted by Gasteiger charge is -2.40. The second kappa shape index (κ2) is 13.8. The summed E-state index contributed by atoms with van der Waals surface area (Å²) in [5, 5.41) is 20.9. The predicted octanol–water partition coefficient (Wildman–Crippen LogP) is 5.79.